The maximum atomic E-state index is 12.3. The van der Waals surface area contributed by atoms with Gasteiger partial charge in [-0.15, -0.1) is 10.2 Å². The van der Waals surface area contributed by atoms with Crippen LogP contribution in [-0.4, -0.2) is 32.2 Å². The summed E-state index contributed by atoms with van der Waals surface area (Å²) in [6, 6.07) is 14.2. The number of amides is 1. The quantitative estimate of drug-likeness (QED) is 0.425. The Morgan fingerprint density at radius 3 is 2.79 bits per heavy atom. The lowest BCUT2D eigenvalue weighted by Crippen LogP contribution is -2.16. The van der Waals surface area contributed by atoms with Crippen molar-refractivity contribution in [3.05, 3.63) is 58.6 Å². The molecule has 1 atom stereocenters. The van der Waals surface area contributed by atoms with E-state index in [4.69, 9.17) is 0 Å². The average molecular weight is 457 g/mol. The molecule has 2 aromatic carbocycles. The molecule has 7 nitrogen and oxygen atoms in total. The molecule has 9 heteroatoms. The van der Waals surface area contributed by atoms with Crippen LogP contribution in [0.2, 0.25) is 0 Å². The molecular weight excluding hydrogens is 444 g/mol. The van der Waals surface area contributed by atoms with Crippen LogP contribution < -0.4 is 0 Å². The number of aliphatic imine (C=N–C) groups is 1. The Morgan fingerprint density at radius 2 is 2.00 bits per heavy atom. The lowest BCUT2D eigenvalue weighted by molar-refractivity contribution is -0.117. The summed E-state index contributed by atoms with van der Waals surface area (Å²) >= 11 is 4.47. The number of rotatable bonds is 4. The van der Waals surface area contributed by atoms with Gasteiger partial charge in [0.05, 0.1) is 5.52 Å². The van der Waals surface area contributed by atoms with E-state index in [1.165, 1.54) is 0 Å². The summed E-state index contributed by atoms with van der Waals surface area (Å²) in [5.74, 6) is -0.657. The molecule has 0 saturated heterocycles. The predicted octanol–water partition coefficient (Wildman–Crippen LogP) is 4.99. The molecule has 0 spiro atoms. The number of hydrogen-bond donors (Lipinski definition) is 2. The van der Waals surface area contributed by atoms with Crippen molar-refractivity contribution in [2.75, 3.05) is 0 Å². The van der Waals surface area contributed by atoms with Crippen molar-refractivity contribution in [1.29, 1.82) is 0 Å². The molecule has 1 amide bonds. The minimum Gasteiger partial charge on any atom is -0.493 e. The van der Waals surface area contributed by atoms with Crippen LogP contribution in [0, 0.1) is 0 Å². The number of ketones is 1. The van der Waals surface area contributed by atoms with Gasteiger partial charge in [0.25, 0.3) is 5.91 Å². The number of nitrogens with zero attached hydrogens (tertiary/aromatic N) is 3. The largest absolute Gasteiger partial charge is 0.493 e. The molecule has 0 fully saturated rings. The Balaban J connectivity index is 1.49. The highest BCUT2D eigenvalue weighted by atomic mass is 79.9. The molecule has 0 radical (unpaired) electrons. The molecule has 0 bridgehead atoms. The zero-order valence-corrected chi connectivity index (χ0v) is 16.7. The first kappa shape index (κ1) is 18.6. The van der Waals surface area contributed by atoms with Crippen molar-refractivity contribution in [2.24, 2.45) is 15.2 Å². The molecule has 140 valence electrons. The number of halogens is 1. The summed E-state index contributed by atoms with van der Waals surface area (Å²) in [4.78, 5) is 31.1. The van der Waals surface area contributed by atoms with Crippen molar-refractivity contribution in [3.8, 4) is 5.88 Å². The fraction of sp³-hybridized carbons (Fsp3) is 0.105. The van der Waals surface area contributed by atoms with Gasteiger partial charge >= 0.3 is 0 Å². The first-order valence-electron chi connectivity index (χ1n) is 8.30. The Bertz CT molecular complexity index is 1140. The zero-order valence-electron chi connectivity index (χ0n) is 14.3. The Hall–Kier alpha value is -2.78. The summed E-state index contributed by atoms with van der Waals surface area (Å²) in [5, 5.41) is 18.4. The summed E-state index contributed by atoms with van der Waals surface area (Å²) in [6.07, 6.45) is 0.0430. The van der Waals surface area contributed by atoms with Crippen LogP contribution in [0.15, 0.2) is 68.2 Å². The van der Waals surface area contributed by atoms with Crippen LogP contribution in [0.25, 0.3) is 10.9 Å². The second-order valence-corrected chi connectivity index (χ2v) is 8.13. The predicted molar refractivity (Wildman–Crippen MR) is 111 cm³/mol. The monoisotopic (exact) mass is 456 g/mol. The van der Waals surface area contributed by atoms with E-state index in [-0.39, 0.29) is 28.9 Å². The Labute approximate surface area is 172 Å². The van der Waals surface area contributed by atoms with Gasteiger partial charge in [0.2, 0.25) is 11.0 Å². The highest BCUT2D eigenvalue weighted by Gasteiger charge is 2.31. The van der Waals surface area contributed by atoms with E-state index < -0.39 is 11.2 Å². The summed E-state index contributed by atoms with van der Waals surface area (Å²) in [5.41, 5.74) is 1.52. The van der Waals surface area contributed by atoms with Crippen LogP contribution in [0.3, 0.4) is 0 Å². The smallest absolute Gasteiger partial charge is 0.262 e. The maximum absolute atomic E-state index is 12.3. The van der Waals surface area contributed by atoms with Gasteiger partial charge in [-0.2, -0.15) is 4.99 Å². The molecule has 3 aromatic rings. The number of aromatic hydroxyl groups is 1. The zero-order chi connectivity index (χ0) is 19.7. The van der Waals surface area contributed by atoms with Gasteiger partial charge in [0.15, 0.2) is 11.5 Å². The van der Waals surface area contributed by atoms with Crippen molar-refractivity contribution < 1.29 is 14.7 Å². The number of thioether (sulfide) groups is 1. The van der Waals surface area contributed by atoms with Crippen LogP contribution in [0.1, 0.15) is 16.8 Å². The second kappa shape index (κ2) is 7.69. The third-order valence-corrected chi connectivity index (χ3v) is 5.67. The highest BCUT2D eigenvalue weighted by Crippen LogP contribution is 2.37. The summed E-state index contributed by atoms with van der Waals surface area (Å²) in [7, 11) is 0. The van der Waals surface area contributed by atoms with Crippen molar-refractivity contribution in [1.82, 2.24) is 4.98 Å². The molecule has 2 heterocycles. The number of hydrogen-bond acceptors (Lipinski definition) is 6. The van der Waals surface area contributed by atoms with Gasteiger partial charge in [0, 0.05) is 21.8 Å². The minimum absolute atomic E-state index is 0.0430. The standard InChI is InChI=1S/C19H13BrN4O3S/c20-11-6-7-13-12(8-11)16(18(27)21-13)23-24-19-22-17(26)15(28-19)9-14(25)10-4-2-1-3-5-10/h1-8,15,21,27H,9H2. The Kier molecular flexibility index (Phi) is 5.10. The van der Waals surface area contributed by atoms with Crippen molar-refractivity contribution in [3.63, 3.8) is 0 Å². The van der Waals surface area contributed by atoms with Gasteiger partial charge in [-0.05, 0) is 18.2 Å². The van der Waals surface area contributed by atoms with E-state index >= 15 is 0 Å². The van der Waals surface area contributed by atoms with Gasteiger partial charge < -0.3 is 10.1 Å². The van der Waals surface area contributed by atoms with Gasteiger partial charge in [-0.3, -0.25) is 9.59 Å². The first-order valence-corrected chi connectivity index (χ1v) is 9.98. The van der Waals surface area contributed by atoms with E-state index in [2.05, 4.69) is 36.1 Å². The van der Waals surface area contributed by atoms with Crippen LogP contribution in [0.4, 0.5) is 5.69 Å². The number of aromatic amines is 1. The van der Waals surface area contributed by atoms with Crippen LogP contribution in [-0.2, 0) is 4.79 Å². The van der Waals surface area contributed by atoms with Crippen LogP contribution in [0.5, 0.6) is 5.88 Å². The minimum atomic E-state index is -0.618. The second-order valence-electron chi connectivity index (χ2n) is 6.04. The third kappa shape index (κ3) is 3.76. The van der Waals surface area contributed by atoms with E-state index in [9.17, 15) is 14.7 Å². The maximum Gasteiger partial charge on any atom is 0.262 e. The molecule has 28 heavy (non-hydrogen) atoms. The number of carbonyl (C=O) groups excluding carboxylic acids is 2. The van der Waals surface area contributed by atoms with Gasteiger partial charge in [-0.25, -0.2) is 0 Å². The molecule has 4 rings (SSSR count). The molecule has 1 aromatic heterocycles. The number of aromatic nitrogens is 1. The molecular formula is C19H13BrN4O3S. The van der Waals surface area contributed by atoms with Gasteiger partial charge in [-0.1, -0.05) is 58.0 Å². The van der Waals surface area contributed by atoms with Crippen LogP contribution >= 0.6 is 27.7 Å². The number of carbonyl (C=O) groups is 2. The fourth-order valence-electron chi connectivity index (χ4n) is 2.79. The van der Waals surface area contributed by atoms with E-state index in [0.717, 1.165) is 16.2 Å². The number of Topliss-reactive ketones (excluding diaryl/α,β-unsaturated/α-hetero) is 1. The highest BCUT2D eigenvalue weighted by molar-refractivity contribution is 9.10. The molecule has 1 aliphatic rings. The third-order valence-electron chi connectivity index (χ3n) is 4.15. The SMILES string of the molecule is O=C(CC1SC(N=Nc2c(O)[nH]c3ccc(Br)cc23)=NC1=O)c1ccccc1. The number of amidine groups is 1. The van der Waals surface area contributed by atoms with Crippen molar-refractivity contribution >= 4 is 61.1 Å². The molecule has 0 aliphatic carbocycles. The molecule has 0 saturated carbocycles. The lowest BCUT2D eigenvalue weighted by atomic mass is 10.1. The number of benzene rings is 2. The fourth-order valence-corrected chi connectivity index (χ4v) is 4.02. The summed E-state index contributed by atoms with van der Waals surface area (Å²) < 4.78 is 0.831. The van der Waals surface area contributed by atoms with Crippen molar-refractivity contribution in [2.45, 2.75) is 11.7 Å². The number of azo groups is 1. The molecule has 1 aliphatic heterocycles. The topological polar surface area (TPSA) is 107 Å². The molecule has 2 N–H and O–H groups in total. The number of fused-ring (bicyclic) bond motifs is 1. The first-order chi connectivity index (χ1) is 13.5. The lowest BCUT2D eigenvalue weighted by Gasteiger charge is -2.04. The van der Waals surface area contributed by atoms with E-state index in [0.29, 0.717) is 16.5 Å². The average Bonchev–Trinajstić information content (AvgIpc) is 3.19. The normalized spacial score (nSPS) is 16.8. The number of H-pyrrole nitrogens is 1. The van der Waals surface area contributed by atoms with E-state index in [1.54, 1.807) is 36.4 Å². The van der Waals surface area contributed by atoms with E-state index in [1.807, 2.05) is 12.1 Å². The van der Waals surface area contributed by atoms with Gasteiger partial charge in [0.1, 0.15) is 5.25 Å². The Morgan fingerprint density at radius 1 is 1.21 bits per heavy atom. The summed E-state index contributed by atoms with van der Waals surface area (Å²) in [6.45, 7) is 0. The molecule has 1 unspecified atom stereocenters. The number of nitrogens with one attached hydrogen (secondary N) is 1.